The molecule has 1 atom stereocenters. The van der Waals surface area contributed by atoms with Crippen molar-refractivity contribution in [3.8, 4) is 0 Å². The van der Waals surface area contributed by atoms with E-state index in [1.807, 2.05) is 11.8 Å². The van der Waals surface area contributed by atoms with Crippen LogP contribution in [0.5, 0.6) is 0 Å². The molecule has 0 aliphatic carbocycles. The van der Waals surface area contributed by atoms with Crippen molar-refractivity contribution in [2.75, 3.05) is 46.8 Å². The van der Waals surface area contributed by atoms with Gasteiger partial charge in [0.25, 0.3) is 0 Å². The molecule has 3 amide bonds. The Morgan fingerprint density at radius 1 is 1.41 bits per heavy atom. The van der Waals surface area contributed by atoms with Gasteiger partial charge in [-0.05, 0) is 0 Å². The quantitative estimate of drug-likeness (QED) is 0.689. The number of amides is 3. The van der Waals surface area contributed by atoms with Crippen LogP contribution in [0.15, 0.2) is 0 Å². The normalized spacial score (nSPS) is 17.5. The number of urea groups is 1. The Bertz CT molecular complexity index is 277. The van der Waals surface area contributed by atoms with Crippen molar-refractivity contribution >= 4 is 11.9 Å². The molecule has 98 valence electrons. The van der Waals surface area contributed by atoms with Gasteiger partial charge in [0.05, 0.1) is 5.92 Å². The second-order valence-corrected chi connectivity index (χ2v) is 4.41. The fraction of sp³-hybridized carbons (Fsp3) is 0.818. The fourth-order valence-electron chi connectivity index (χ4n) is 1.96. The number of nitrogens with zero attached hydrogens (tertiary/aromatic N) is 2. The van der Waals surface area contributed by atoms with Gasteiger partial charge in [-0.15, -0.1) is 0 Å². The van der Waals surface area contributed by atoms with E-state index in [2.05, 4.69) is 10.6 Å². The van der Waals surface area contributed by atoms with E-state index < -0.39 is 0 Å². The highest BCUT2D eigenvalue weighted by Crippen LogP contribution is 2.05. The topological polar surface area (TPSA) is 64.7 Å². The maximum absolute atomic E-state index is 12.1. The molecule has 1 aliphatic heterocycles. The number of hydrogen-bond acceptors (Lipinski definition) is 3. The van der Waals surface area contributed by atoms with Crippen LogP contribution in [0.4, 0.5) is 4.79 Å². The molecule has 0 aromatic heterocycles. The van der Waals surface area contributed by atoms with Gasteiger partial charge in [-0.3, -0.25) is 4.79 Å². The molecule has 6 nitrogen and oxygen atoms in total. The van der Waals surface area contributed by atoms with Crippen LogP contribution in [0.1, 0.15) is 6.92 Å². The maximum Gasteiger partial charge on any atom is 0.316 e. The molecule has 0 aromatic carbocycles. The van der Waals surface area contributed by atoms with Crippen LogP contribution in [0, 0.1) is 5.92 Å². The van der Waals surface area contributed by atoms with Crippen molar-refractivity contribution in [1.29, 1.82) is 0 Å². The summed E-state index contributed by atoms with van der Waals surface area (Å²) in [4.78, 5) is 26.8. The lowest BCUT2D eigenvalue weighted by Gasteiger charge is -2.31. The molecule has 2 N–H and O–H groups in total. The third kappa shape index (κ3) is 3.89. The summed E-state index contributed by atoms with van der Waals surface area (Å²) in [5.41, 5.74) is 0. The van der Waals surface area contributed by atoms with E-state index in [0.717, 1.165) is 26.2 Å². The van der Waals surface area contributed by atoms with Gasteiger partial charge < -0.3 is 20.4 Å². The average molecular weight is 242 g/mol. The van der Waals surface area contributed by atoms with E-state index in [1.165, 1.54) is 4.90 Å². The number of piperazine rings is 1. The van der Waals surface area contributed by atoms with Crippen LogP contribution in [-0.2, 0) is 4.79 Å². The SMILES string of the molecule is CNC(=O)N(C)CC(C)C(=O)N1CCNCC1. The second kappa shape index (κ2) is 6.44. The number of carbonyl (C=O) groups is 2. The zero-order valence-electron chi connectivity index (χ0n) is 10.8. The Morgan fingerprint density at radius 3 is 2.53 bits per heavy atom. The lowest BCUT2D eigenvalue weighted by molar-refractivity contribution is -0.135. The second-order valence-electron chi connectivity index (χ2n) is 4.41. The smallest absolute Gasteiger partial charge is 0.316 e. The van der Waals surface area contributed by atoms with Crippen molar-refractivity contribution in [2.24, 2.45) is 5.92 Å². The van der Waals surface area contributed by atoms with Crippen LogP contribution in [0.2, 0.25) is 0 Å². The molecule has 0 saturated carbocycles. The van der Waals surface area contributed by atoms with Crippen LogP contribution in [0.25, 0.3) is 0 Å². The van der Waals surface area contributed by atoms with Gasteiger partial charge in [0.15, 0.2) is 0 Å². The fourth-order valence-corrected chi connectivity index (χ4v) is 1.96. The molecule has 6 heteroatoms. The van der Waals surface area contributed by atoms with E-state index in [1.54, 1.807) is 14.1 Å². The Hall–Kier alpha value is -1.30. The highest BCUT2D eigenvalue weighted by atomic mass is 16.2. The average Bonchev–Trinajstić information content (AvgIpc) is 2.37. The molecule has 1 fully saturated rings. The van der Waals surface area contributed by atoms with Gasteiger partial charge in [-0.1, -0.05) is 6.92 Å². The summed E-state index contributed by atoms with van der Waals surface area (Å²) in [6, 6.07) is -0.162. The molecule has 1 saturated heterocycles. The van der Waals surface area contributed by atoms with Gasteiger partial charge in [0.1, 0.15) is 0 Å². The predicted octanol–water partition coefficient (Wildman–Crippen LogP) is -0.674. The monoisotopic (exact) mass is 242 g/mol. The molecule has 1 rings (SSSR count). The molecule has 17 heavy (non-hydrogen) atoms. The molecule has 1 heterocycles. The largest absolute Gasteiger partial charge is 0.341 e. The highest BCUT2D eigenvalue weighted by Gasteiger charge is 2.23. The summed E-state index contributed by atoms with van der Waals surface area (Å²) in [5, 5.41) is 5.75. The zero-order valence-corrected chi connectivity index (χ0v) is 10.8. The maximum atomic E-state index is 12.1. The van der Waals surface area contributed by atoms with Gasteiger partial charge >= 0.3 is 6.03 Å². The van der Waals surface area contributed by atoms with Crippen LogP contribution >= 0.6 is 0 Å². The Balaban J connectivity index is 2.43. The van der Waals surface area contributed by atoms with Crippen LogP contribution in [0.3, 0.4) is 0 Å². The Kier molecular flexibility index (Phi) is 5.21. The molecule has 0 spiro atoms. The minimum Gasteiger partial charge on any atom is -0.341 e. The number of hydrogen-bond donors (Lipinski definition) is 2. The number of carbonyl (C=O) groups excluding carboxylic acids is 2. The molecular formula is C11H22N4O2. The van der Waals surface area contributed by atoms with Gasteiger partial charge in [-0.25, -0.2) is 4.79 Å². The van der Waals surface area contributed by atoms with E-state index in [0.29, 0.717) is 6.54 Å². The van der Waals surface area contributed by atoms with E-state index in [-0.39, 0.29) is 17.9 Å². The lowest BCUT2D eigenvalue weighted by Crippen LogP contribution is -2.50. The van der Waals surface area contributed by atoms with Crippen molar-refractivity contribution in [2.45, 2.75) is 6.92 Å². The number of nitrogens with one attached hydrogen (secondary N) is 2. The van der Waals surface area contributed by atoms with Crippen LogP contribution < -0.4 is 10.6 Å². The number of rotatable bonds is 3. The van der Waals surface area contributed by atoms with Crippen LogP contribution in [-0.4, -0.2) is 68.6 Å². The summed E-state index contributed by atoms with van der Waals surface area (Å²) < 4.78 is 0. The van der Waals surface area contributed by atoms with Gasteiger partial charge in [0, 0.05) is 46.8 Å². The standard InChI is InChI=1S/C11H22N4O2/c1-9(8-14(3)11(17)12-2)10(16)15-6-4-13-5-7-15/h9,13H,4-8H2,1-3H3,(H,12,17). The van der Waals surface area contributed by atoms with E-state index >= 15 is 0 Å². The molecule has 1 aliphatic rings. The van der Waals surface area contributed by atoms with Gasteiger partial charge in [-0.2, -0.15) is 0 Å². The summed E-state index contributed by atoms with van der Waals surface area (Å²) in [6.45, 7) is 5.53. The minimum atomic E-state index is -0.162. The van der Waals surface area contributed by atoms with Crippen molar-refractivity contribution in [1.82, 2.24) is 20.4 Å². The summed E-state index contributed by atoms with van der Waals surface area (Å²) in [5.74, 6) is -0.0300. The first-order valence-electron chi connectivity index (χ1n) is 5.98. The third-order valence-corrected chi connectivity index (χ3v) is 2.96. The van der Waals surface area contributed by atoms with Crippen molar-refractivity contribution in [3.05, 3.63) is 0 Å². The molecule has 1 unspecified atom stereocenters. The first-order chi connectivity index (χ1) is 8.06. The summed E-state index contributed by atoms with van der Waals surface area (Å²) >= 11 is 0. The molecule has 0 bridgehead atoms. The Labute approximate surface area is 102 Å². The summed E-state index contributed by atoms with van der Waals surface area (Å²) in [6.07, 6.45) is 0. The van der Waals surface area contributed by atoms with Crippen molar-refractivity contribution < 1.29 is 9.59 Å². The molecule has 0 aromatic rings. The first kappa shape index (κ1) is 13.8. The van der Waals surface area contributed by atoms with E-state index in [9.17, 15) is 9.59 Å². The molecular weight excluding hydrogens is 220 g/mol. The zero-order chi connectivity index (χ0) is 12.8. The van der Waals surface area contributed by atoms with E-state index in [4.69, 9.17) is 0 Å². The predicted molar refractivity (Wildman–Crippen MR) is 65.7 cm³/mol. The van der Waals surface area contributed by atoms with Crippen molar-refractivity contribution in [3.63, 3.8) is 0 Å². The minimum absolute atomic E-state index is 0.127. The Morgan fingerprint density at radius 2 is 2.00 bits per heavy atom. The summed E-state index contributed by atoms with van der Waals surface area (Å²) in [7, 11) is 3.28. The first-order valence-corrected chi connectivity index (χ1v) is 5.98. The highest BCUT2D eigenvalue weighted by molar-refractivity contribution is 5.80. The molecule has 0 radical (unpaired) electrons. The third-order valence-electron chi connectivity index (χ3n) is 2.96. The lowest BCUT2D eigenvalue weighted by atomic mass is 10.1. The van der Waals surface area contributed by atoms with Gasteiger partial charge in [0.2, 0.25) is 5.91 Å².